The van der Waals surface area contributed by atoms with Crippen LogP contribution in [0.5, 0.6) is 0 Å². The van der Waals surface area contributed by atoms with Crippen LogP contribution in [0.1, 0.15) is 76.4 Å². The Bertz CT molecular complexity index is 1210. The molecule has 3 aliphatic rings. The topological polar surface area (TPSA) is 118 Å². The predicted octanol–water partition coefficient (Wildman–Crippen LogP) is 3.94. The molecule has 4 heterocycles. The standard InChI is InChI=1S/C27H38N8O/c1-2-23-27(31-18-7-8-21(36)13-18)33-24-22(15-29-26(28)25(24)32-23)17-14-30-35(16-17)20-9-11-34(12-10-20)19-5-3-4-6-19/h14-16,18-21,36H,2-13H2,1H3,(H2,28,29)(H,31,33)/t18-,21+/m1/s1. The fourth-order valence-electron chi connectivity index (χ4n) is 6.41. The van der Waals surface area contributed by atoms with E-state index < -0.39 is 0 Å². The van der Waals surface area contributed by atoms with E-state index >= 15 is 0 Å². The van der Waals surface area contributed by atoms with Crippen LogP contribution in [-0.4, -0.2) is 66.0 Å². The van der Waals surface area contributed by atoms with Gasteiger partial charge in [-0.05, 0) is 51.4 Å². The smallest absolute Gasteiger partial charge is 0.151 e. The zero-order valence-corrected chi connectivity index (χ0v) is 21.2. The molecule has 0 unspecified atom stereocenters. The Balaban J connectivity index is 1.27. The Kier molecular flexibility index (Phi) is 6.52. The molecule has 1 saturated heterocycles. The number of pyridine rings is 1. The van der Waals surface area contributed by atoms with Crippen molar-refractivity contribution in [2.45, 2.75) is 95.4 Å². The molecule has 0 spiro atoms. The third-order valence-electron chi connectivity index (χ3n) is 8.51. The third-order valence-corrected chi connectivity index (χ3v) is 8.51. The lowest BCUT2D eigenvalue weighted by atomic mass is 10.0. The summed E-state index contributed by atoms with van der Waals surface area (Å²) in [5, 5.41) is 18.3. The lowest BCUT2D eigenvalue weighted by Gasteiger charge is -2.36. The van der Waals surface area contributed by atoms with E-state index in [-0.39, 0.29) is 12.1 Å². The second-order valence-electron chi connectivity index (χ2n) is 10.8. The molecule has 2 atom stereocenters. The SMILES string of the molecule is CCc1nc2c(N)ncc(-c3cnn(C4CCN(C5CCCC5)CC4)c3)c2nc1N[C@@H]1CC[C@H](O)C1. The molecule has 0 bridgehead atoms. The maximum Gasteiger partial charge on any atom is 0.151 e. The van der Waals surface area contributed by atoms with Gasteiger partial charge in [-0.2, -0.15) is 5.10 Å². The number of aryl methyl sites for hydroxylation is 1. The van der Waals surface area contributed by atoms with E-state index in [1.807, 2.05) is 6.20 Å². The van der Waals surface area contributed by atoms with Crippen LogP contribution in [0, 0.1) is 0 Å². The van der Waals surface area contributed by atoms with Crippen molar-refractivity contribution in [1.82, 2.24) is 29.6 Å². The molecule has 192 valence electrons. The Morgan fingerprint density at radius 3 is 2.53 bits per heavy atom. The van der Waals surface area contributed by atoms with Gasteiger partial charge in [-0.25, -0.2) is 15.0 Å². The van der Waals surface area contributed by atoms with Gasteiger partial charge in [0.2, 0.25) is 0 Å². The van der Waals surface area contributed by atoms with Crippen molar-refractivity contribution in [2.24, 2.45) is 0 Å². The summed E-state index contributed by atoms with van der Waals surface area (Å²) in [5.41, 5.74) is 10.4. The minimum absolute atomic E-state index is 0.206. The number of nitrogen functional groups attached to an aromatic ring is 1. The predicted molar refractivity (Wildman–Crippen MR) is 142 cm³/mol. The molecule has 9 nitrogen and oxygen atoms in total. The average Bonchev–Trinajstić information content (AvgIpc) is 3.67. The fourth-order valence-corrected chi connectivity index (χ4v) is 6.41. The zero-order valence-electron chi connectivity index (χ0n) is 21.2. The number of hydrogen-bond donors (Lipinski definition) is 3. The second-order valence-corrected chi connectivity index (χ2v) is 10.8. The van der Waals surface area contributed by atoms with E-state index in [0.29, 0.717) is 17.4 Å². The highest BCUT2D eigenvalue weighted by Crippen LogP contribution is 2.34. The molecule has 3 aromatic heterocycles. The van der Waals surface area contributed by atoms with Crippen molar-refractivity contribution in [3.8, 4) is 11.1 Å². The van der Waals surface area contributed by atoms with Gasteiger partial charge in [-0.1, -0.05) is 19.8 Å². The van der Waals surface area contributed by atoms with Crippen molar-refractivity contribution in [3.63, 3.8) is 0 Å². The van der Waals surface area contributed by atoms with Crippen LogP contribution in [0.25, 0.3) is 22.2 Å². The minimum atomic E-state index is -0.243. The van der Waals surface area contributed by atoms with Gasteiger partial charge >= 0.3 is 0 Å². The molecular formula is C27H38N8O. The number of aromatic nitrogens is 5. The Labute approximate surface area is 212 Å². The summed E-state index contributed by atoms with van der Waals surface area (Å²) in [5.74, 6) is 1.17. The first kappa shape index (κ1) is 23.6. The van der Waals surface area contributed by atoms with Gasteiger partial charge in [0.05, 0.1) is 24.0 Å². The summed E-state index contributed by atoms with van der Waals surface area (Å²) in [6.45, 7) is 4.39. The summed E-state index contributed by atoms with van der Waals surface area (Å²) in [4.78, 5) is 17.1. The van der Waals surface area contributed by atoms with Crippen LogP contribution in [0.2, 0.25) is 0 Å². The van der Waals surface area contributed by atoms with E-state index in [4.69, 9.17) is 20.8 Å². The number of hydrogen-bond acceptors (Lipinski definition) is 8. The van der Waals surface area contributed by atoms with E-state index in [2.05, 4.69) is 33.0 Å². The number of nitrogens with two attached hydrogens (primary N) is 1. The number of fused-ring (bicyclic) bond motifs is 1. The van der Waals surface area contributed by atoms with Crippen molar-refractivity contribution in [1.29, 1.82) is 0 Å². The van der Waals surface area contributed by atoms with E-state index in [0.717, 1.165) is 85.8 Å². The Morgan fingerprint density at radius 2 is 1.81 bits per heavy atom. The quantitative estimate of drug-likeness (QED) is 0.476. The van der Waals surface area contributed by atoms with E-state index in [1.165, 1.54) is 25.7 Å². The maximum atomic E-state index is 9.97. The number of anilines is 2. The first-order valence-corrected chi connectivity index (χ1v) is 13.8. The maximum absolute atomic E-state index is 9.97. The molecule has 36 heavy (non-hydrogen) atoms. The lowest BCUT2D eigenvalue weighted by Crippen LogP contribution is -2.40. The highest BCUT2D eigenvalue weighted by atomic mass is 16.3. The minimum Gasteiger partial charge on any atom is -0.393 e. The molecule has 2 saturated carbocycles. The van der Waals surface area contributed by atoms with Crippen molar-refractivity contribution >= 4 is 22.7 Å². The molecule has 9 heteroatoms. The number of nitrogens with zero attached hydrogens (tertiary/aromatic N) is 6. The molecule has 4 N–H and O–H groups in total. The molecule has 1 aliphatic heterocycles. The first-order valence-electron chi connectivity index (χ1n) is 13.8. The number of likely N-dealkylation sites (tertiary alicyclic amines) is 1. The normalized spacial score (nSPS) is 24.2. The number of piperidine rings is 1. The van der Waals surface area contributed by atoms with Crippen LogP contribution in [0.3, 0.4) is 0 Å². The van der Waals surface area contributed by atoms with Crippen molar-refractivity contribution in [3.05, 3.63) is 24.3 Å². The lowest BCUT2D eigenvalue weighted by molar-refractivity contribution is 0.132. The van der Waals surface area contributed by atoms with Gasteiger partial charge in [0.15, 0.2) is 5.82 Å². The highest BCUT2D eigenvalue weighted by molar-refractivity contribution is 5.96. The first-order chi connectivity index (χ1) is 17.6. The molecule has 0 amide bonds. The largest absolute Gasteiger partial charge is 0.393 e. The van der Waals surface area contributed by atoms with Gasteiger partial charge in [0, 0.05) is 48.7 Å². The van der Waals surface area contributed by atoms with Crippen LogP contribution >= 0.6 is 0 Å². The van der Waals surface area contributed by atoms with Crippen LogP contribution in [0.4, 0.5) is 11.6 Å². The summed E-state index contributed by atoms with van der Waals surface area (Å²) >= 11 is 0. The summed E-state index contributed by atoms with van der Waals surface area (Å²) < 4.78 is 2.14. The van der Waals surface area contributed by atoms with E-state index in [9.17, 15) is 5.11 Å². The van der Waals surface area contributed by atoms with Crippen molar-refractivity contribution < 1.29 is 5.11 Å². The zero-order chi connectivity index (χ0) is 24.6. The van der Waals surface area contributed by atoms with Gasteiger partial charge in [0.1, 0.15) is 16.9 Å². The van der Waals surface area contributed by atoms with E-state index in [1.54, 1.807) is 6.20 Å². The van der Waals surface area contributed by atoms with Gasteiger partial charge in [0.25, 0.3) is 0 Å². The third kappa shape index (κ3) is 4.54. The molecule has 3 fully saturated rings. The van der Waals surface area contributed by atoms with Gasteiger partial charge < -0.3 is 21.1 Å². The Morgan fingerprint density at radius 1 is 1.00 bits per heavy atom. The fraction of sp³-hybridized carbons (Fsp3) is 0.630. The number of aliphatic hydroxyl groups is 1. The number of aliphatic hydroxyl groups excluding tert-OH is 1. The Hall–Kier alpha value is -2.78. The average molecular weight is 491 g/mol. The summed E-state index contributed by atoms with van der Waals surface area (Å²) in [7, 11) is 0. The van der Waals surface area contributed by atoms with Gasteiger partial charge in [-0.15, -0.1) is 0 Å². The summed E-state index contributed by atoms with van der Waals surface area (Å²) in [6, 6.07) is 1.43. The summed E-state index contributed by atoms with van der Waals surface area (Å²) in [6.07, 6.45) is 16.6. The van der Waals surface area contributed by atoms with Gasteiger partial charge in [-0.3, -0.25) is 4.68 Å². The molecular weight excluding hydrogens is 452 g/mol. The number of nitrogens with one attached hydrogen (secondary N) is 1. The molecule has 6 rings (SSSR count). The second kappa shape index (κ2) is 9.94. The van der Waals surface area contributed by atoms with Crippen LogP contribution < -0.4 is 11.1 Å². The van der Waals surface area contributed by atoms with Crippen LogP contribution in [-0.2, 0) is 6.42 Å². The molecule has 3 aromatic rings. The molecule has 2 aliphatic carbocycles. The molecule has 0 aromatic carbocycles. The monoisotopic (exact) mass is 490 g/mol. The number of rotatable bonds is 6. The van der Waals surface area contributed by atoms with Crippen molar-refractivity contribution in [2.75, 3.05) is 24.1 Å². The molecule has 0 radical (unpaired) electrons. The van der Waals surface area contributed by atoms with Crippen LogP contribution in [0.15, 0.2) is 18.6 Å². The highest BCUT2D eigenvalue weighted by Gasteiger charge is 2.28.